The lowest BCUT2D eigenvalue weighted by Gasteiger charge is -2.15. The molecule has 32 heavy (non-hydrogen) atoms. The Balaban J connectivity index is 1.58. The molecule has 5 rings (SSSR count). The predicted molar refractivity (Wildman–Crippen MR) is 123 cm³/mol. The third kappa shape index (κ3) is 3.39. The zero-order chi connectivity index (χ0) is 22.2. The van der Waals surface area contributed by atoms with E-state index in [0.717, 1.165) is 16.8 Å². The summed E-state index contributed by atoms with van der Waals surface area (Å²) in [6, 6.07) is 15.7. The van der Waals surface area contributed by atoms with Crippen LogP contribution in [0.2, 0.25) is 0 Å². The first-order valence-electron chi connectivity index (χ1n) is 10.6. The largest absolute Gasteiger partial charge is 0.328 e. The number of nitrogens with zero attached hydrogens (tertiary/aromatic N) is 6. The second-order valence-corrected chi connectivity index (χ2v) is 8.06. The second kappa shape index (κ2) is 7.88. The van der Waals surface area contributed by atoms with Gasteiger partial charge in [0, 0.05) is 5.56 Å². The summed E-state index contributed by atoms with van der Waals surface area (Å²) < 4.78 is 1.68. The Morgan fingerprint density at radius 2 is 1.66 bits per heavy atom. The number of rotatable bonds is 5. The van der Waals surface area contributed by atoms with E-state index in [1.807, 2.05) is 49.4 Å². The Hall–Kier alpha value is -4.07. The molecular weight excluding hydrogens is 402 g/mol. The molecule has 0 unspecified atom stereocenters. The summed E-state index contributed by atoms with van der Waals surface area (Å²) in [6.07, 6.45) is 4.96. The van der Waals surface area contributed by atoms with E-state index in [1.165, 1.54) is 5.56 Å². The summed E-state index contributed by atoms with van der Waals surface area (Å²) in [5.41, 5.74) is 4.97. The molecule has 0 amide bonds. The van der Waals surface area contributed by atoms with Gasteiger partial charge in [0.15, 0.2) is 11.5 Å². The van der Waals surface area contributed by atoms with Crippen molar-refractivity contribution in [2.24, 2.45) is 0 Å². The first-order chi connectivity index (χ1) is 15.5. The van der Waals surface area contributed by atoms with Gasteiger partial charge in [-0.15, -0.1) is 0 Å². The molecule has 0 saturated carbocycles. The highest BCUT2D eigenvalue weighted by Crippen LogP contribution is 2.28. The molecule has 0 radical (unpaired) electrons. The fraction of sp³-hybridized carbons (Fsp3) is 0.208. The minimum absolute atomic E-state index is 0.214. The number of nitrogens with one attached hydrogen (secondary N) is 1. The van der Waals surface area contributed by atoms with E-state index in [1.54, 1.807) is 28.0 Å². The van der Waals surface area contributed by atoms with E-state index in [4.69, 9.17) is 4.98 Å². The third-order valence-corrected chi connectivity index (χ3v) is 5.69. The number of hydrogen-bond donors (Lipinski definition) is 1. The van der Waals surface area contributed by atoms with E-state index in [-0.39, 0.29) is 11.7 Å². The Bertz CT molecular complexity index is 1430. The van der Waals surface area contributed by atoms with Crippen LogP contribution in [0.3, 0.4) is 0 Å². The van der Waals surface area contributed by atoms with Gasteiger partial charge in [0.05, 0.1) is 30.3 Å². The summed E-state index contributed by atoms with van der Waals surface area (Å²) in [7, 11) is 0. The van der Waals surface area contributed by atoms with Gasteiger partial charge in [-0.25, -0.2) is 14.8 Å². The molecule has 0 spiro atoms. The highest BCUT2D eigenvalue weighted by Gasteiger charge is 2.19. The van der Waals surface area contributed by atoms with Crippen molar-refractivity contribution in [2.75, 3.05) is 0 Å². The van der Waals surface area contributed by atoms with Crippen LogP contribution in [0.5, 0.6) is 0 Å². The van der Waals surface area contributed by atoms with Crippen molar-refractivity contribution in [3.63, 3.8) is 0 Å². The van der Waals surface area contributed by atoms with Gasteiger partial charge in [0.1, 0.15) is 5.52 Å². The van der Waals surface area contributed by atoms with Crippen molar-refractivity contribution in [1.82, 2.24) is 34.5 Å². The van der Waals surface area contributed by atoms with E-state index < -0.39 is 0 Å². The molecule has 160 valence electrons. The van der Waals surface area contributed by atoms with E-state index in [0.29, 0.717) is 22.9 Å². The quantitative estimate of drug-likeness (QED) is 0.457. The minimum atomic E-state index is -0.223. The lowest BCUT2D eigenvalue weighted by atomic mass is 9.97. The van der Waals surface area contributed by atoms with E-state index in [9.17, 15) is 4.79 Å². The average Bonchev–Trinajstić information content (AvgIpc) is 3.46. The second-order valence-electron chi connectivity index (χ2n) is 8.06. The summed E-state index contributed by atoms with van der Waals surface area (Å²) >= 11 is 0. The monoisotopic (exact) mass is 425 g/mol. The van der Waals surface area contributed by atoms with Crippen LogP contribution in [0.25, 0.3) is 28.2 Å². The maximum atomic E-state index is 12.8. The van der Waals surface area contributed by atoms with Crippen molar-refractivity contribution >= 4 is 11.2 Å². The molecule has 2 aromatic carbocycles. The van der Waals surface area contributed by atoms with Gasteiger partial charge >= 0.3 is 5.69 Å². The Kier molecular flexibility index (Phi) is 4.89. The predicted octanol–water partition coefficient (Wildman–Crippen LogP) is 4.10. The van der Waals surface area contributed by atoms with Gasteiger partial charge in [-0.05, 0) is 36.1 Å². The molecule has 1 atom stereocenters. The van der Waals surface area contributed by atoms with Crippen LogP contribution in [0.1, 0.15) is 43.9 Å². The first-order valence-corrected chi connectivity index (χ1v) is 10.6. The number of imidazole rings is 1. The van der Waals surface area contributed by atoms with Crippen LogP contribution in [-0.4, -0.2) is 34.5 Å². The van der Waals surface area contributed by atoms with Crippen LogP contribution >= 0.6 is 0 Å². The highest BCUT2D eigenvalue weighted by molar-refractivity contribution is 5.74. The zero-order valence-corrected chi connectivity index (χ0v) is 18.1. The molecule has 0 aliphatic rings. The van der Waals surface area contributed by atoms with Crippen molar-refractivity contribution in [3.8, 4) is 17.1 Å². The first kappa shape index (κ1) is 19.9. The van der Waals surface area contributed by atoms with Crippen LogP contribution in [0.15, 0.2) is 71.9 Å². The number of H-pyrrole nitrogens is 1. The number of aromatic nitrogens is 7. The number of aromatic amines is 1. The van der Waals surface area contributed by atoms with Gasteiger partial charge in [-0.1, -0.05) is 50.2 Å². The van der Waals surface area contributed by atoms with Gasteiger partial charge < -0.3 is 4.98 Å². The molecular formula is C24H23N7O. The average molecular weight is 425 g/mol. The zero-order valence-electron chi connectivity index (χ0n) is 18.1. The van der Waals surface area contributed by atoms with Gasteiger partial charge in [-0.2, -0.15) is 15.0 Å². The third-order valence-electron chi connectivity index (χ3n) is 5.69. The van der Waals surface area contributed by atoms with Crippen molar-refractivity contribution in [2.45, 2.75) is 32.7 Å². The number of benzene rings is 2. The molecule has 0 bridgehead atoms. The standard InChI is InChI=1S/C24H23N7O/c1-15(2)19-6-4-5-7-20(19)22-25-14-21-23(29-22)30(24(32)28-21)16(3)17-8-10-18(11-9-17)31-26-12-13-27-31/h4-16H,1-3H3,(H,28,32)/t16-/m0/s1. The SMILES string of the molecule is CC(C)c1ccccc1-c1ncc2[nH]c(=O)n([C@@H](C)c3ccc(-n4nccn4)cc3)c2n1. The minimum Gasteiger partial charge on any atom is -0.303 e. The van der Waals surface area contributed by atoms with E-state index >= 15 is 0 Å². The Labute approximate surface area is 184 Å². The van der Waals surface area contributed by atoms with Crippen LogP contribution in [-0.2, 0) is 0 Å². The fourth-order valence-corrected chi connectivity index (χ4v) is 3.99. The number of fused-ring (bicyclic) bond motifs is 1. The topological polar surface area (TPSA) is 94.3 Å². The Morgan fingerprint density at radius 3 is 2.38 bits per heavy atom. The van der Waals surface area contributed by atoms with Crippen molar-refractivity contribution in [1.29, 1.82) is 0 Å². The summed E-state index contributed by atoms with van der Waals surface area (Å²) in [6.45, 7) is 6.28. The molecule has 3 aromatic heterocycles. The molecule has 8 heteroatoms. The van der Waals surface area contributed by atoms with Crippen LogP contribution in [0, 0.1) is 0 Å². The van der Waals surface area contributed by atoms with Crippen molar-refractivity contribution in [3.05, 3.63) is 88.7 Å². The van der Waals surface area contributed by atoms with Gasteiger partial charge in [0.25, 0.3) is 0 Å². The van der Waals surface area contributed by atoms with Crippen LogP contribution < -0.4 is 5.69 Å². The molecule has 5 aromatic rings. The molecule has 3 heterocycles. The normalized spacial score (nSPS) is 12.5. The molecule has 0 fully saturated rings. The van der Waals surface area contributed by atoms with Gasteiger partial charge in [-0.3, -0.25) is 4.57 Å². The summed E-state index contributed by atoms with van der Waals surface area (Å²) in [4.78, 5) is 26.6. The lowest BCUT2D eigenvalue weighted by molar-refractivity contribution is 0.630. The maximum Gasteiger partial charge on any atom is 0.328 e. The van der Waals surface area contributed by atoms with E-state index in [2.05, 4.69) is 40.1 Å². The highest BCUT2D eigenvalue weighted by atomic mass is 16.1. The molecule has 0 aliphatic heterocycles. The Morgan fingerprint density at radius 1 is 0.938 bits per heavy atom. The maximum absolute atomic E-state index is 12.8. The number of hydrogen-bond acceptors (Lipinski definition) is 5. The summed E-state index contributed by atoms with van der Waals surface area (Å²) in [5.74, 6) is 0.947. The molecule has 1 N–H and O–H groups in total. The lowest BCUT2D eigenvalue weighted by Crippen LogP contribution is -2.21. The van der Waals surface area contributed by atoms with Crippen LogP contribution in [0.4, 0.5) is 0 Å². The molecule has 0 saturated heterocycles. The molecule has 8 nitrogen and oxygen atoms in total. The summed E-state index contributed by atoms with van der Waals surface area (Å²) in [5, 5.41) is 8.30. The van der Waals surface area contributed by atoms with Crippen molar-refractivity contribution < 1.29 is 0 Å². The van der Waals surface area contributed by atoms with Gasteiger partial charge in [0.2, 0.25) is 0 Å². The molecule has 0 aliphatic carbocycles. The fourth-order valence-electron chi connectivity index (χ4n) is 3.99. The smallest absolute Gasteiger partial charge is 0.303 e.